The first kappa shape index (κ1) is 23.9. The van der Waals surface area contributed by atoms with Crippen molar-refractivity contribution >= 4 is 17.4 Å². The predicted octanol–water partition coefficient (Wildman–Crippen LogP) is 6.02. The van der Waals surface area contributed by atoms with E-state index in [1.807, 2.05) is 59.5 Å². The van der Waals surface area contributed by atoms with Gasteiger partial charge in [-0.15, -0.1) is 0 Å². The Bertz CT molecular complexity index is 1310. The standard InChI is InChI=1S/C30H33N3O3/c1-20-19-32(17-18-33(20)29(34)21-13-15-22(16-14-21)30(2,3)4)28-23-9-8-12-26(35-5)27(23)36-25-11-7-6-10-24(25)31-28/h6-16,20H,17-19H2,1-5H3. The summed E-state index contributed by atoms with van der Waals surface area (Å²) in [5, 5.41) is 0. The van der Waals surface area contributed by atoms with E-state index in [0.717, 1.165) is 22.6 Å². The molecule has 1 fully saturated rings. The lowest BCUT2D eigenvalue weighted by Gasteiger charge is -2.41. The lowest BCUT2D eigenvalue weighted by molar-refractivity contribution is 0.0581. The van der Waals surface area contributed by atoms with E-state index >= 15 is 0 Å². The molecule has 0 aromatic heterocycles. The van der Waals surface area contributed by atoms with Gasteiger partial charge in [0.2, 0.25) is 0 Å². The van der Waals surface area contributed by atoms with Gasteiger partial charge in [0.25, 0.3) is 5.91 Å². The molecule has 1 saturated heterocycles. The maximum Gasteiger partial charge on any atom is 0.254 e. The Kier molecular flexibility index (Phi) is 6.20. The van der Waals surface area contributed by atoms with E-state index in [0.29, 0.717) is 36.9 Å². The normalized spacial score (nSPS) is 17.4. The molecule has 0 aliphatic carbocycles. The number of carbonyl (C=O) groups excluding carboxylic acids is 1. The first-order valence-electron chi connectivity index (χ1n) is 12.5. The Hall–Kier alpha value is -3.80. The highest BCUT2D eigenvalue weighted by Gasteiger charge is 2.32. The van der Waals surface area contributed by atoms with Crippen LogP contribution >= 0.6 is 0 Å². The van der Waals surface area contributed by atoms with Crippen molar-refractivity contribution in [2.75, 3.05) is 26.7 Å². The molecule has 1 amide bonds. The number of amides is 1. The quantitative estimate of drug-likeness (QED) is 0.447. The number of fused-ring (bicyclic) bond motifs is 2. The topological polar surface area (TPSA) is 54.4 Å². The van der Waals surface area contributed by atoms with Gasteiger partial charge in [0.05, 0.1) is 12.7 Å². The van der Waals surface area contributed by atoms with Crippen molar-refractivity contribution in [2.45, 2.75) is 39.2 Å². The zero-order valence-electron chi connectivity index (χ0n) is 21.6. The average molecular weight is 484 g/mol. The molecule has 0 radical (unpaired) electrons. The molecule has 6 heteroatoms. The third kappa shape index (κ3) is 4.43. The molecule has 0 saturated carbocycles. The zero-order valence-corrected chi connectivity index (χ0v) is 21.6. The van der Waals surface area contributed by atoms with Crippen LogP contribution < -0.4 is 9.47 Å². The molecule has 1 unspecified atom stereocenters. The van der Waals surface area contributed by atoms with Crippen LogP contribution in [0.2, 0.25) is 0 Å². The Labute approximate surface area is 213 Å². The molecule has 0 spiro atoms. The fraction of sp³-hybridized carbons (Fsp3) is 0.333. The molecule has 2 aliphatic rings. The maximum atomic E-state index is 13.4. The SMILES string of the molecule is COc1cccc2c1Oc1ccccc1N=C2N1CCN(C(=O)c2ccc(C(C)(C)C)cc2)C(C)C1. The molecule has 5 rings (SSSR count). The lowest BCUT2D eigenvalue weighted by atomic mass is 9.86. The van der Waals surface area contributed by atoms with Crippen molar-refractivity contribution in [3.63, 3.8) is 0 Å². The van der Waals surface area contributed by atoms with Gasteiger partial charge in [-0.25, -0.2) is 4.99 Å². The number of carbonyl (C=O) groups is 1. The summed E-state index contributed by atoms with van der Waals surface area (Å²) in [7, 11) is 1.65. The van der Waals surface area contributed by atoms with Crippen LogP contribution in [0, 0.1) is 0 Å². The number of benzene rings is 3. The number of amidine groups is 1. The number of methoxy groups -OCH3 is 1. The van der Waals surface area contributed by atoms with Crippen LogP contribution in [0.3, 0.4) is 0 Å². The van der Waals surface area contributed by atoms with E-state index in [-0.39, 0.29) is 17.4 Å². The van der Waals surface area contributed by atoms with Gasteiger partial charge in [0.15, 0.2) is 17.2 Å². The van der Waals surface area contributed by atoms with Crippen LogP contribution in [-0.4, -0.2) is 54.3 Å². The summed E-state index contributed by atoms with van der Waals surface area (Å²) >= 11 is 0. The second-order valence-corrected chi connectivity index (χ2v) is 10.5. The van der Waals surface area contributed by atoms with Crippen LogP contribution in [0.25, 0.3) is 0 Å². The highest BCUT2D eigenvalue weighted by molar-refractivity contribution is 6.04. The fourth-order valence-corrected chi connectivity index (χ4v) is 4.85. The van der Waals surface area contributed by atoms with Crippen LogP contribution in [-0.2, 0) is 5.41 Å². The summed E-state index contributed by atoms with van der Waals surface area (Å²) < 4.78 is 11.9. The number of aliphatic imine (C=N–C) groups is 1. The van der Waals surface area contributed by atoms with E-state index < -0.39 is 0 Å². The van der Waals surface area contributed by atoms with Gasteiger partial charge < -0.3 is 19.3 Å². The van der Waals surface area contributed by atoms with Crippen molar-refractivity contribution < 1.29 is 14.3 Å². The molecule has 6 nitrogen and oxygen atoms in total. The summed E-state index contributed by atoms with van der Waals surface area (Å²) in [6.45, 7) is 10.6. The van der Waals surface area contributed by atoms with E-state index in [1.165, 1.54) is 5.56 Å². The Balaban J connectivity index is 1.42. The van der Waals surface area contributed by atoms with Crippen molar-refractivity contribution in [1.29, 1.82) is 0 Å². The molecule has 186 valence electrons. The molecule has 1 atom stereocenters. The fourth-order valence-electron chi connectivity index (χ4n) is 4.85. The maximum absolute atomic E-state index is 13.4. The number of ether oxygens (including phenoxy) is 2. The van der Waals surface area contributed by atoms with E-state index in [4.69, 9.17) is 14.5 Å². The number of hydrogen-bond acceptors (Lipinski definition) is 5. The van der Waals surface area contributed by atoms with Crippen molar-refractivity contribution in [3.05, 3.63) is 83.4 Å². The third-order valence-electron chi connectivity index (χ3n) is 6.93. The first-order chi connectivity index (χ1) is 17.3. The molecule has 0 bridgehead atoms. The van der Waals surface area contributed by atoms with E-state index in [1.54, 1.807) is 7.11 Å². The van der Waals surface area contributed by atoms with Crippen molar-refractivity contribution in [3.8, 4) is 17.2 Å². The molecular formula is C30H33N3O3. The summed E-state index contributed by atoms with van der Waals surface area (Å²) in [4.78, 5) is 22.6. The van der Waals surface area contributed by atoms with Gasteiger partial charge in [-0.3, -0.25) is 4.79 Å². The van der Waals surface area contributed by atoms with Crippen LogP contribution in [0.1, 0.15) is 49.2 Å². The Morgan fingerprint density at radius 3 is 2.44 bits per heavy atom. The van der Waals surface area contributed by atoms with Gasteiger partial charge in [-0.2, -0.15) is 0 Å². The minimum atomic E-state index is 0.0183. The van der Waals surface area contributed by atoms with Crippen LogP contribution in [0.4, 0.5) is 5.69 Å². The van der Waals surface area contributed by atoms with Crippen molar-refractivity contribution in [1.82, 2.24) is 9.80 Å². The van der Waals surface area contributed by atoms with Gasteiger partial charge in [-0.1, -0.05) is 51.1 Å². The van der Waals surface area contributed by atoms with E-state index in [2.05, 4.69) is 44.7 Å². The molecule has 2 heterocycles. The van der Waals surface area contributed by atoms with Gasteiger partial charge in [0.1, 0.15) is 11.5 Å². The predicted molar refractivity (Wildman–Crippen MR) is 143 cm³/mol. The van der Waals surface area contributed by atoms with Crippen molar-refractivity contribution in [2.24, 2.45) is 4.99 Å². The van der Waals surface area contributed by atoms with Crippen LogP contribution in [0.5, 0.6) is 17.2 Å². The lowest BCUT2D eigenvalue weighted by Crippen LogP contribution is -2.55. The Morgan fingerprint density at radius 1 is 1.00 bits per heavy atom. The second-order valence-electron chi connectivity index (χ2n) is 10.5. The molecular weight excluding hydrogens is 450 g/mol. The third-order valence-corrected chi connectivity index (χ3v) is 6.93. The molecule has 0 N–H and O–H groups in total. The number of hydrogen-bond donors (Lipinski definition) is 0. The smallest absolute Gasteiger partial charge is 0.254 e. The van der Waals surface area contributed by atoms with Gasteiger partial charge in [0, 0.05) is 31.2 Å². The number of nitrogens with zero attached hydrogens (tertiary/aromatic N) is 3. The first-order valence-corrected chi connectivity index (χ1v) is 12.5. The monoisotopic (exact) mass is 483 g/mol. The second kappa shape index (κ2) is 9.34. The average Bonchev–Trinajstić information content (AvgIpc) is 3.04. The van der Waals surface area contributed by atoms with Gasteiger partial charge >= 0.3 is 0 Å². The van der Waals surface area contributed by atoms with Crippen LogP contribution in [0.15, 0.2) is 71.7 Å². The molecule has 3 aromatic rings. The number of piperazine rings is 1. The van der Waals surface area contributed by atoms with Gasteiger partial charge in [-0.05, 0) is 54.3 Å². The minimum absolute atomic E-state index is 0.0183. The highest BCUT2D eigenvalue weighted by atomic mass is 16.5. The number of rotatable bonds is 2. The minimum Gasteiger partial charge on any atom is -0.493 e. The highest BCUT2D eigenvalue weighted by Crippen LogP contribution is 2.42. The summed E-state index contributed by atoms with van der Waals surface area (Å²) in [6.07, 6.45) is 0. The number of para-hydroxylation sites is 3. The summed E-state index contributed by atoms with van der Waals surface area (Å²) in [5.74, 6) is 2.92. The Morgan fingerprint density at radius 2 is 1.75 bits per heavy atom. The zero-order chi connectivity index (χ0) is 25.4. The summed E-state index contributed by atoms with van der Waals surface area (Å²) in [5.41, 5.74) is 3.67. The molecule has 3 aromatic carbocycles. The molecule has 2 aliphatic heterocycles. The summed E-state index contributed by atoms with van der Waals surface area (Å²) in [6, 6.07) is 21.7. The van der Waals surface area contributed by atoms with E-state index in [9.17, 15) is 4.79 Å². The molecule has 36 heavy (non-hydrogen) atoms. The largest absolute Gasteiger partial charge is 0.493 e.